The standard InChI is InChI=1S/C23H19N5O2S/c29-20(15-16-9-3-1-4-10-16)25-26-23(31)27-28-21(17-11-5-2-6-12-17)24-19-14-8-7-13-18(19)22(28)30/h1-14H,15H2,(H,25,29)(H2,26,27,31). The number of nitrogens with one attached hydrogen (secondary N) is 3. The summed E-state index contributed by atoms with van der Waals surface area (Å²) in [4.78, 5) is 29.9. The Balaban J connectivity index is 1.55. The number of fused-ring (bicyclic) bond motifs is 1. The van der Waals surface area contributed by atoms with Gasteiger partial charge in [0.05, 0.1) is 17.3 Å². The Morgan fingerprint density at radius 1 is 0.871 bits per heavy atom. The summed E-state index contributed by atoms with van der Waals surface area (Å²) >= 11 is 5.29. The number of thiocarbonyl (C=S) groups is 1. The van der Waals surface area contributed by atoms with Gasteiger partial charge >= 0.3 is 0 Å². The molecule has 0 atom stereocenters. The van der Waals surface area contributed by atoms with Gasteiger partial charge in [0, 0.05) is 5.56 Å². The summed E-state index contributed by atoms with van der Waals surface area (Å²) in [5, 5.41) is 0.503. The quantitative estimate of drug-likeness (QED) is 0.342. The second kappa shape index (κ2) is 9.19. The minimum Gasteiger partial charge on any atom is -0.273 e. The average Bonchev–Trinajstić information content (AvgIpc) is 2.81. The Morgan fingerprint density at radius 2 is 1.52 bits per heavy atom. The molecule has 4 aromatic rings. The van der Waals surface area contributed by atoms with E-state index in [9.17, 15) is 9.59 Å². The zero-order valence-corrected chi connectivity index (χ0v) is 17.2. The van der Waals surface area contributed by atoms with Crippen molar-refractivity contribution in [1.82, 2.24) is 20.5 Å². The van der Waals surface area contributed by atoms with E-state index in [-0.39, 0.29) is 23.0 Å². The predicted octanol–water partition coefficient (Wildman–Crippen LogP) is 2.76. The van der Waals surface area contributed by atoms with Gasteiger partial charge in [0.25, 0.3) is 5.56 Å². The molecule has 0 unspecified atom stereocenters. The van der Waals surface area contributed by atoms with Crippen LogP contribution in [0, 0.1) is 0 Å². The fourth-order valence-corrected chi connectivity index (χ4v) is 3.24. The minimum atomic E-state index is -0.302. The molecule has 3 N–H and O–H groups in total. The minimum absolute atomic E-state index is 0.0535. The monoisotopic (exact) mass is 429 g/mol. The molecular weight excluding hydrogens is 410 g/mol. The number of rotatable bonds is 4. The van der Waals surface area contributed by atoms with E-state index in [1.807, 2.05) is 66.7 Å². The van der Waals surface area contributed by atoms with Crippen LogP contribution < -0.4 is 21.8 Å². The van der Waals surface area contributed by atoms with Crippen LogP contribution in [0.1, 0.15) is 5.56 Å². The molecule has 4 rings (SSSR count). The molecule has 8 heteroatoms. The number of carbonyl (C=O) groups is 1. The van der Waals surface area contributed by atoms with Crippen molar-refractivity contribution in [3.63, 3.8) is 0 Å². The summed E-state index contributed by atoms with van der Waals surface area (Å²) in [5.41, 5.74) is 9.92. The number of para-hydroxylation sites is 1. The highest BCUT2D eigenvalue weighted by Gasteiger charge is 2.14. The van der Waals surface area contributed by atoms with Crippen molar-refractivity contribution in [2.45, 2.75) is 6.42 Å². The van der Waals surface area contributed by atoms with Crippen molar-refractivity contribution in [3.05, 3.63) is 101 Å². The predicted molar refractivity (Wildman–Crippen MR) is 125 cm³/mol. The maximum Gasteiger partial charge on any atom is 0.280 e. The molecule has 154 valence electrons. The summed E-state index contributed by atoms with van der Waals surface area (Å²) in [6.45, 7) is 0. The first kappa shape index (κ1) is 20.2. The zero-order chi connectivity index (χ0) is 21.6. The summed E-state index contributed by atoms with van der Waals surface area (Å²) in [6, 6.07) is 25.8. The molecule has 7 nitrogen and oxygen atoms in total. The second-order valence-corrected chi connectivity index (χ2v) is 7.14. The van der Waals surface area contributed by atoms with Crippen LogP contribution >= 0.6 is 12.2 Å². The normalized spacial score (nSPS) is 10.5. The fourth-order valence-electron chi connectivity index (χ4n) is 3.10. The lowest BCUT2D eigenvalue weighted by molar-refractivity contribution is -0.121. The SMILES string of the molecule is O=C(Cc1ccccc1)NNC(=S)Nn1c(-c2ccccc2)nc2ccccc2c1=O. The van der Waals surface area contributed by atoms with Gasteiger partial charge in [-0.1, -0.05) is 72.8 Å². The van der Waals surface area contributed by atoms with Crippen LogP contribution in [0.3, 0.4) is 0 Å². The molecule has 0 bridgehead atoms. The average molecular weight is 430 g/mol. The molecule has 1 amide bonds. The number of carbonyl (C=O) groups excluding carboxylic acids is 1. The summed E-state index contributed by atoms with van der Waals surface area (Å²) in [5.74, 6) is 0.145. The van der Waals surface area contributed by atoms with Gasteiger partial charge < -0.3 is 0 Å². The van der Waals surface area contributed by atoms with Crippen molar-refractivity contribution in [1.29, 1.82) is 0 Å². The number of nitrogens with zero attached hydrogens (tertiary/aromatic N) is 2. The van der Waals surface area contributed by atoms with Crippen LogP contribution in [0.4, 0.5) is 0 Å². The van der Waals surface area contributed by atoms with E-state index in [1.165, 1.54) is 4.68 Å². The van der Waals surface area contributed by atoms with Gasteiger partial charge in [0.2, 0.25) is 11.0 Å². The number of hydrogen-bond acceptors (Lipinski definition) is 4. The lowest BCUT2D eigenvalue weighted by atomic mass is 10.1. The van der Waals surface area contributed by atoms with Crippen LogP contribution in [0.5, 0.6) is 0 Å². The van der Waals surface area contributed by atoms with Crippen molar-refractivity contribution in [3.8, 4) is 11.4 Å². The lowest BCUT2D eigenvalue weighted by Gasteiger charge is -2.17. The number of aromatic nitrogens is 2. The van der Waals surface area contributed by atoms with Crippen molar-refractivity contribution in [2.24, 2.45) is 0 Å². The number of hydrogen-bond donors (Lipinski definition) is 3. The molecule has 0 saturated heterocycles. The van der Waals surface area contributed by atoms with Crippen LogP contribution in [0.25, 0.3) is 22.3 Å². The molecule has 0 radical (unpaired) electrons. The van der Waals surface area contributed by atoms with Gasteiger partial charge in [-0.25, -0.2) is 4.98 Å². The Bertz CT molecular complexity index is 1290. The van der Waals surface area contributed by atoms with Gasteiger partial charge in [-0.3, -0.25) is 25.9 Å². The van der Waals surface area contributed by atoms with Crippen LogP contribution in [0.2, 0.25) is 0 Å². The lowest BCUT2D eigenvalue weighted by Crippen LogP contribution is -2.48. The molecular formula is C23H19N5O2S. The molecule has 3 aromatic carbocycles. The zero-order valence-electron chi connectivity index (χ0n) is 16.4. The van der Waals surface area contributed by atoms with Gasteiger partial charge in [0.15, 0.2) is 5.82 Å². The molecule has 0 aliphatic rings. The third-order valence-corrected chi connectivity index (χ3v) is 4.74. The third kappa shape index (κ3) is 4.76. The number of benzene rings is 3. The van der Waals surface area contributed by atoms with Crippen LogP contribution in [-0.2, 0) is 11.2 Å². The summed E-state index contributed by atoms with van der Waals surface area (Å²) in [6.07, 6.45) is 0.198. The molecule has 0 aliphatic heterocycles. The van der Waals surface area contributed by atoms with E-state index >= 15 is 0 Å². The number of hydrazine groups is 1. The Labute approximate surface area is 183 Å². The topological polar surface area (TPSA) is 88.1 Å². The number of amides is 1. The van der Waals surface area contributed by atoms with Gasteiger partial charge in [0.1, 0.15) is 0 Å². The van der Waals surface area contributed by atoms with E-state index in [2.05, 4.69) is 21.3 Å². The van der Waals surface area contributed by atoms with Gasteiger partial charge in [-0.05, 0) is 29.9 Å². The van der Waals surface area contributed by atoms with E-state index in [0.717, 1.165) is 11.1 Å². The first-order chi connectivity index (χ1) is 15.1. The van der Waals surface area contributed by atoms with Crippen molar-refractivity contribution < 1.29 is 4.79 Å². The maximum absolute atomic E-state index is 13.1. The molecule has 0 aliphatic carbocycles. The largest absolute Gasteiger partial charge is 0.280 e. The Kier molecular flexibility index (Phi) is 6.00. The summed E-state index contributed by atoms with van der Waals surface area (Å²) < 4.78 is 1.27. The molecule has 31 heavy (non-hydrogen) atoms. The summed E-state index contributed by atoms with van der Waals surface area (Å²) in [7, 11) is 0. The van der Waals surface area contributed by atoms with Crippen molar-refractivity contribution in [2.75, 3.05) is 5.43 Å². The van der Waals surface area contributed by atoms with Crippen molar-refractivity contribution >= 4 is 34.1 Å². The third-order valence-electron chi connectivity index (χ3n) is 4.54. The second-order valence-electron chi connectivity index (χ2n) is 6.74. The highest BCUT2D eigenvalue weighted by Crippen LogP contribution is 2.17. The highest BCUT2D eigenvalue weighted by atomic mass is 32.1. The van der Waals surface area contributed by atoms with E-state index < -0.39 is 0 Å². The molecule has 0 saturated carbocycles. The Morgan fingerprint density at radius 3 is 2.26 bits per heavy atom. The van der Waals surface area contributed by atoms with E-state index in [0.29, 0.717) is 16.7 Å². The molecule has 0 spiro atoms. The fraction of sp³-hybridized carbons (Fsp3) is 0.0435. The van der Waals surface area contributed by atoms with Crippen LogP contribution in [0.15, 0.2) is 89.7 Å². The van der Waals surface area contributed by atoms with Gasteiger partial charge in [-0.15, -0.1) is 0 Å². The molecule has 1 heterocycles. The maximum atomic E-state index is 13.1. The smallest absolute Gasteiger partial charge is 0.273 e. The van der Waals surface area contributed by atoms with Crippen LogP contribution in [-0.4, -0.2) is 20.7 Å². The van der Waals surface area contributed by atoms with E-state index in [1.54, 1.807) is 18.2 Å². The first-order valence-electron chi connectivity index (χ1n) is 9.59. The first-order valence-corrected chi connectivity index (χ1v) is 9.99. The van der Waals surface area contributed by atoms with Gasteiger partial charge in [-0.2, -0.15) is 4.68 Å². The van der Waals surface area contributed by atoms with E-state index in [4.69, 9.17) is 12.2 Å². The highest BCUT2D eigenvalue weighted by molar-refractivity contribution is 7.80. The molecule has 1 aromatic heterocycles. The Hall–Kier alpha value is -4.04. The molecule has 0 fully saturated rings.